The van der Waals surface area contributed by atoms with E-state index in [0.29, 0.717) is 5.69 Å². The lowest BCUT2D eigenvalue weighted by atomic mass is 10.2. The van der Waals surface area contributed by atoms with E-state index in [1.54, 1.807) is 24.3 Å². The van der Waals surface area contributed by atoms with Gasteiger partial charge < -0.3 is 14.8 Å². The molecule has 0 aromatic heterocycles. The number of hydrogen-bond acceptors (Lipinski definition) is 5. The minimum atomic E-state index is -1.13. The van der Waals surface area contributed by atoms with Crippen LogP contribution in [-0.2, 0) is 9.53 Å². The second-order valence-corrected chi connectivity index (χ2v) is 5.04. The maximum Gasteiger partial charge on any atom is 0.339 e. The molecule has 2 aromatic carbocycles. The summed E-state index contributed by atoms with van der Waals surface area (Å²) in [6.45, 7) is 1.38. The second kappa shape index (κ2) is 7.93. The fourth-order valence-corrected chi connectivity index (χ4v) is 2.00. The van der Waals surface area contributed by atoms with Gasteiger partial charge in [0.15, 0.2) is 17.7 Å². The average Bonchev–Trinajstić information content (AvgIpc) is 2.61. The van der Waals surface area contributed by atoms with Gasteiger partial charge in [-0.2, -0.15) is 5.26 Å². The summed E-state index contributed by atoms with van der Waals surface area (Å²) in [4.78, 5) is 24.1. The van der Waals surface area contributed by atoms with Crippen LogP contribution in [0.5, 0.6) is 5.75 Å². The number of nitriles is 1. The van der Waals surface area contributed by atoms with Crippen LogP contribution in [0.2, 0.25) is 0 Å². The second-order valence-electron chi connectivity index (χ2n) is 5.04. The molecule has 0 saturated carbocycles. The molecule has 0 bridgehead atoms. The first-order chi connectivity index (χ1) is 12.0. The number of methoxy groups -OCH3 is 1. The predicted octanol–water partition coefficient (Wildman–Crippen LogP) is 2.89. The minimum Gasteiger partial charge on any atom is -0.494 e. The molecule has 0 radical (unpaired) electrons. The van der Waals surface area contributed by atoms with Gasteiger partial charge in [0.25, 0.3) is 5.91 Å². The molecule has 128 valence electrons. The highest BCUT2D eigenvalue weighted by atomic mass is 19.1. The van der Waals surface area contributed by atoms with E-state index in [1.165, 1.54) is 26.2 Å². The van der Waals surface area contributed by atoms with Gasteiger partial charge in [-0.3, -0.25) is 4.79 Å². The summed E-state index contributed by atoms with van der Waals surface area (Å²) in [5.41, 5.74) is 0.551. The van der Waals surface area contributed by atoms with E-state index < -0.39 is 23.8 Å². The monoisotopic (exact) mass is 342 g/mol. The van der Waals surface area contributed by atoms with Gasteiger partial charge in [-0.25, -0.2) is 9.18 Å². The lowest BCUT2D eigenvalue weighted by molar-refractivity contribution is -0.123. The van der Waals surface area contributed by atoms with Gasteiger partial charge in [0.2, 0.25) is 0 Å². The Bertz CT molecular complexity index is 845. The van der Waals surface area contributed by atoms with E-state index in [4.69, 9.17) is 14.7 Å². The highest BCUT2D eigenvalue weighted by Gasteiger charge is 2.20. The summed E-state index contributed by atoms with van der Waals surface area (Å²) in [6, 6.07) is 12.0. The van der Waals surface area contributed by atoms with E-state index in [1.807, 2.05) is 6.07 Å². The maximum absolute atomic E-state index is 13.6. The molecule has 6 nitrogen and oxygen atoms in total. The van der Waals surface area contributed by atoms with Crippen LogP contribution in [0, 0.1) is 17.1 Å². The van der Waals surface area contributed by atoms with E-state index in [9.17, 15) is 14.0 Å². The van der Waals surface area contributed by atoms with Crippen molar-refractivity contribution in [3.63, 3.8) is 0 Å². The highest BCUT2D eigenvalue weighted by Crippen LogP contribution is 2.19. The van der Waals surface area contributed by atoms with E-state index in [0.717, 1.165) is 6.07 Å². The Balaban J connectivity index is 2.04. The Morgan fingerprint density at radius 2 is 1.96 bits per heavy atom. The van der Waals surface area contributed by atoms with Gasteiger partial charge in [-0.1, -0.05) is 12.1 Å². The van der Waals surface area contributed by atoms with Crippen molar-refractivity contribution in [2.45, 2.75) is 13.0 Å². The van der Waals surface area contributed by atoms with E-state index in [-0.39, 0.29) is 16.9 Å². The molecule has 0 aliphatic rings. The van der Waals surface area contributed by atoms with Crippen molar-refractivity contribution in [1.82, 2.24) is 0 Å². The van der Waals surface area contributed by atoms with Crippen molar-refractivity contribution in [2.24, 2.45) is 0 Å². The van der Waals surface area contributed by atoms with Crippen LogP contribution < -0.4 is 10.1 Å². The summed E-state index contributed by atoms with van der Waals surface area (Å²) < 4.78 is 23.4. The molecular weight excluding hydrogens is 327 g/mol. The molecule has 0 unspecified atom stereocenters. The SMILES string of the molecule is COc1ccc(C(=O)O[C@H](C)C(=O)Nc2ccccc2C#N)cc1F. The molecule has 1 atom stereocenters. The largest absolute Gasteiger partial charge is 0.494 e. The van der Waals surface area contributed by atoms with Gasteiger partial charge in [-0.05, 0) is 37.3 Å². The van der Waals surface area contributed by atoms with Crippen LogP contribution in [0.15, 0.2) is 42.5 Å². The summed E-state index contributed by atoms with van der Waals surface area (Å²) in [7, 11) is 1.31. The Morgan fingerprint density at radius 1 is 1.24 bits per heavy atom. The maximum atomic E-state index is 13.6. The molecule has 2 aromatic rings. The number of carbonyl (C=O) groups excluding carboxylic acids is 2. The van der Waals surface area contributed by atoms with Crippen LogP contribution in [0.25, 0.3) is 0 Å². The molecule has 25 heavy (non-hydrogen) atoms. The Hall–Kier alpha value is -3.40. The minimum absolute atomic E-state index is 0.00421. The molecule has 1 N–H and O–H groups in total. The third-order valence-electron chi connectivity index (χ3n) is 3.35. The average molecular weight is 342 g/mol. The summed E-state index contributed by atoms with van der Waals surface area (Å²) in [6.07, 6.45) is -1.13. The molecule has 2 rings (SSSR count). The number of nitrogens with zero attached hydrogens (tertiary/aromatic N) is 1. The summed E-state index contributed by atoms with van der Waals surface area (Å²) in [5, 5.41) is 11.5. The van der Waals surface area contributed by atoms with Gasteiger partial charge >= 0.3 is 5.97 Å². The number of anilines is 1. The number of benzene rings is 2. The lowest BCUT2D eigenvalue weighted by Gasteiger charge is -2.14. The highest BCUT2D eigenvalue weighted by molar-refractivity contribution is 5.98. The molecule has 0 aliphatic heterocycles. The van der Waals surface area contributed by atoms with E-state index >= 15 is 0 Å². The zero-order valence-electron chi connectivity index (χ0n) is 13.6. The third kappa shape index (κ3) is 4.32. The standard InChI is InChI=1S/C18H15FN2O4/c1-11(17(22)21-15-6-4-3-5-13(15)10-20)25-18(23)12-7-8-16(24-2)14(19)9-12/h3-9,11H,1-2H3,(H,21,22)/t11-/m1/s1. The Labute approximate surface area is 143 Å². The lowest BCUT2D eigenvalue weighted by Crippen LogP contribution is -2.30. The Morgan fingerprint density at radius 3 is 2.60 bits per heavy atom. The van der Waals surface area contributed by atoms with Crippen molar-refractivity contribution in [2.75, 3.05) is 12.4 Å². The summed E-state index contributed by atoms with van der Waals surface area (Å²) >= 11 is 0. The number of rotatable bonds is 5. The van der Waals surface area contributed by atoms with Crippen LogP contribution >= 0.6 is 0 Å². The quantitative estimate of drug-likeness (QED) is 0.844. The van der Waals surface area contributed by atoms with Gasteiger partial charge in [-0.15, -0.1) is 0 Å². The zero-order valence-corrected chi connectivity index (χ0v) is 13.6. The Kier molecular flexibility index (Phi) is 5.69. The fraction of sp³-hybridized carbons (Fsp3) is 0.167. The van der Waals surface area contributed by atoms with Crippen molar-refractivity contribution >= 4 is 17.6 Å². The van der Waals surface area contributed by atoms with Gasteiger partial charge in [0.1, 0.15) is 6.07 Å². The molecule has 0 saturated heterocycles. The number of ether oxygens (including phenoxy) is 2. The van der Waals surface area contributed by atoms with E-state index in [2.05, 4.69) is 5.32 Å². The molecule has 0 aliphatic carbocycles. The molecule has 0 heterocycles. The van der Waals surface area contributed by atoms with Crippen molar-refractivity contribution in [1.29, 1.82) is 5.26 Å². The first-order valence-corrected chi connectivity index (χ1v) is 7.30. The summed E-state index contributed by atoms with van der Waals surface area (Å²) in [5.74, 6) is -2.17. The van der Waals surface area contributed by atoms with Crippen LogP contribution in [-0.4, -0.2) is 25.1 Å². The van der Waals surface area contributed by atoms with Crippen LogP contribution in [0.1, 0.15) is 22.8 Å². The van der Waals surface area contributed by atoms with Gasteiger partial charge in [0.05, 0.1) is 23.9 Å². The number of esters is 1. The normalized spacial score (nSPS) is 11.1. The fourth-order valence-electron chi connectivity index (χ4n) is 2.00. The number of amides is 1. The molecule has 0 fully saturated rings. The van der Waals surface area contributed by atoms with Crippen molar-refractivity contribution < 1.29 is 23.5 Å². The number of carbonyl (C=O) groups is 2. The molecular formula is C18H15FN2O4. The predicted molar refractivity (Wildman–Crippen MR) is 87.6 cm³/mol. The van der Waals surface area contributed by atoms with Crippen molar-refractivity contribution in [3.8, 4) is 11.8 Å². The number of nitrogens with one attached hydrogen (secondary N) is 1. The zero-order chi connectivity index (χ0) is 18.4. The van der Waals surface area contributed by atoms with Crippen molar-refractivity contribution in [3.05, 3.63) is 59.4 Å². The smallest absolute Gasteiger partial charge is 0.339 e. The van der Waals surface area contributed by atoms with Crippen LogP contribution in [0.4, 0.5) is 10.1 Å². The molecule has 1 amide bonds. The topological polar surface area (TPSA) is 88.4 Å². The first-order valence-electron chi connectivity index (χ1n) is 7.30. The third-order valence-corrected chi connectivity index (χ3v) is 3.35. The van der Waals surface area contributed by atoms with Crippen LogP contribution in [0.3, 0.4) is 0 Å². The number of hydrogen-bond donors (Lipinski definition) is 1. The number of para-hydroxylation sites is 1. The molecule has 0 spiro atoms. The van der Waals surface area contributed by atoms with Gasteiger partial charge in [0, 0.05) is 0 Å². The number of halogens is 1. The first kappa shape index (κ1) is 17.9. The molecule has 7 heteroatoms.